The lowest BCUT2D eigenvalue weighted by Crippen LogP contribution is -2.30. The molecule has 3 aromatic rings. The summed E-state index contributed by atoms with van der Waals surface area (Å²) in [5.41, 5.74) is 5.16. The van der Waals surface area contributed by atoms with E-state index in [0.29, 0.717) is 28.3 Å². The SMILES string of the molecule is CCN(CC)S(=O)(=O)c1ccc(-c2csc(N/N=C/c3ccc(Cl)cc3Cl)n2)cc1. The van der Waals surface area contributed by atoms with Crippen molar-refractivity contribution in [2.45, 2.75) is 18.7 Å². The molecule has 1 N–H and O–H groups in total. The molecule has 158 valence electrons. The van der Waals surface area contributed by atoms with Gasteiger partial charge in [0, 0.05) is 34.6 Å². The van der Waals surface area contributed by atoms with Crippen molar-refractivity contribution in [2.75, 3.05) is 18.5 Å². The zero-order valence-electron chi connectivity index (χ0n) is 16.3. The average Bonchev–Trinajstić information content (AvgIpc) is 3.19. The summed E-state index contributed by atoms with van der Waals surface area (Å²) in [5, 5.41) is 7.70. The second-order valence-corrected chi connectivity index (χ2v) is 9.83. The first-order chi connectivity index (χ1) is 14.3. The van der Waals surface area contributed by atoms with Crippen molar-refractivity contribution in [1.29, 1.82) is 0 Å². The highest BCUT2D eigenvalue weighted by atomic mass is 35.5. The maximum atomic E-state index is 12.6. The predicted octanol–water partition coefficient (Wildman–Crippen LogP) is 5.59. The number of hydrazone groups is 1. The van der Waals surface area contributed by atoms with Crippen molar-refractivity contribution in [2.24, 2.45) is 5.10 Å². The topological polar surface area (TPSA) is 74.7 Å². The van der Waals surface area contributed by atoms with Crippen LogP contribution in [0.3, 0.4) is 0 Å². The maximum absolute atomic E-state index is 12.6. The number of sulfonamides is 1. The molecule has 0 amide bonds. The van der Waals surface area contributed by atoms with Gasteiger partial charge in [0.25, 0.3) is 0 Å². The number of anilines is 1. The molecular formula is C20H20Cl2N4O2S2. The monoisotopic (exact) mass is 482 g/mol. The largest absolute Gasteiger partial charge is 0.253 e. The molecule has 0 aliphatic carbocycles. The Morgan fingerprint density at radius 1 is 1.13 bits per heavy atom. The lowest BCUT2D eigenvalue weighted by molar-refractivity contribution is 0.445. The second kappa shape index (κ2) is 9.89. The smallest absolute Gasteiger partial charge is 0.243 e. The van der Waals surface area contributed by atoms with Gasteiger partial charge in [0.1, 0.15) is 0 Å². The standard InChI is InChI=1S/C20H20Cl2N4O2S2/c1-3-26(4-2)30(27,28)17-9-6-14(7-10-17)19-13-29-20(24-19)25-23-12-15-5-8-16(21)11-18(15)22/h5-13H,3-4H2,1-2H3,(H,24,25)/b23-12+. The molecule has 0 bridgehead atoms. The van der Waals surface area contributed by atoms with Gasteiger partial charge in [0.05, 0.1) is 21.8 Å². The van der Waals surface area contributed by atoms with Crippen LogP contribution >= 0.6 is 34.5 Å². The van der Waals surface area contributed by atoms with Crippen LogP contribution in [0.15, 0.2) is 57.8 Å². The first-order valence-electron chi connectivity index (χ1n) is 9.15. The van der Waals surface area contributed by atoms with E-state index in [2.05, 4.69) is 15.5 Å². The molecule has 0 spiro atoms. The van der Waals surface area contributed by atoms with Gasteiger partial charge in [-0.25, -0.2) is 13.4 Å². The lowest BCUT2D eigenvalue weighted by atomic mass is 10.2. The molecule has 0 unspecified atom stereocenters. The summed E-state index contributed by atoms with van der Waals surface area (Å²) in [4.78, 5) is 4.76. The lowest BCUT2D eigenvalue weighted by Gasteiger charge is -2.18. The number of nitrogens with zero attached hydrogens (tertiary/aromatic N) is 3. The molecular weight excluding hydrogens is 463 g/mol. The Hall–Kier alpha value is -1.97. The Kier molecular flexibility index (Phi) is 7.49. The second-order valence-electron chi connectivity index (χ2n) is 6.19. The van der Waals surface area contributed by atoms with Gasteiger partial charge in [-0.1, -0.05) is 55.2 Å². The summed E-state index contributed by atoms with van der Waals surface area (Å²) in [7, 11) is -3.47. The highest BCUT2D eigenvalue weighted by Gasteiger charge is 2.21. The van der Waals surface area contributed by atoms with Gasteiger partial charge in [0.15, 0.2) is 0 Å². The summed E-state index contributed by atoms with van der Waals surface area (Å²) in [6.45, 7) is 4.51. The number of halogens is 2. The number of benzene rings is 2. The van der Waals surface area contributed by atoms with Crippen LogP contribution in [0.4, 0.5) is 5.13 Å². The van der Waals surface area contributed by atoms with E-state index in [-0.39, 0.29) is 4.90 Å². The highest BCUT2D eigenvalue weighted by Crippen LogP contribution is 2.27. The molecule has 1 heterocycles. The number of hydrogen-bond donors (Lipinski definition) is 1. The Balaban J connectivity index is 1.71. The summed E-state index contributed by atoms with van der Waals surface area (Å²) >= 11 is 13.4. The van der Waals surface area contributed by atoms with E-state index in [1.165, 1.54) is 15.6 Å². The van der Waals surface area contributed by atoms with Crippen LogP contribution in [0.1, 0.15) is 19.4 Å². The minimum absolute atomic E-state index is 0.271. The summed E-state index contributed by atoms with van der Waals surface area (Å²) in [5.74, 6) is 0. The third kappa shape index (κ3) is 5.19. The van der Waals surface area contributed by atoms with Crippen LogP contribution in [0.2, 0.25) is 10.0 Å². The minimum atomic E-state index is -3.47. The molecule has 0 aliphatic heterocycles. The third-order valence-corrected chi connectivity index (χ3v) is 7.70. The first-order valence-corrected chi connectivity index (χ1v) is 12.2. The molecule has 30 heavy (non-hydrogen) atoms. The summed E-state index contributed by atoms with van der Waals surface area (Å²) in [6.07, 6.45) is 1.59. The average molecular weight is 483 g/mol. The van der Waals surface area contributed by atoms with Crippen molar-refractivity contribution in [3.05, 3.63) is 63.5 Å². The molecule has 10 heteroatoms. The summed E-state index contributed by atoms with van der Waals surface area (Å²) in [6, 6.07) is 11.9. The molecule has 6 nitrogen and oxygen atoms in total. The van der Waals surface area contributed by atoms with E-state index >= 15 is 0 Å². The fourth-order valence-electron chi connectivity index (χ4n) is 2.73. The van der Waals surface area contributed by atoms with Gasteiger partial charge in [-0.05, 0) is 24.3 Å². The van der Waals surface area contributed by atoms with Gasteiger partial charge in [0.2, 0.25) is 15.2 Å². The fraction of sp³-hybridized carbons (Fsp3) is 0.200. The van der Waals surface area contributed by atoms with Crippen molar-refractivity contribution >= 4 is 55.9 Å². The molecule has 0 atom stereocenters. The molecule has 0 fully saturated rings. The molecule has 3 rings (SSSR count). The predicted molar refractivity (Wildman–Crippen MR) is 125 cm³/mol. The molecule has 0 aliphatic rings. The van der Waals surface area contributed by atoms with E-state index in [0.717, 1.165) is 16.8 Å². The van der Waals surface area contributed by atoms with Crippen molar-refractivity contribution < 1.29 is 8.42 Å². The van der Waals surface area contributed by atoms with E-state index in [1.54, 1.807) is 48.7 Å². The van der Waals surface area contributed by atoms with Crippen molar-refractivity contribution in [3.63, 3.8) is 0 Å². The number of nitrogens with one attached hydrogen (secondary N) is 1. The Bertz CT molecular complexity index is 1140. The van der Waals surface area contributed by atoms with Crippen LogP contribution < -0.4 is 5.43 Å². The highest BCUT2D eigenvalue weighted by molar-refractivity contribution is 7.89. The Morgan fingerprint density at radius 3 is 2.47 bits per heavy atom. The minimum Gasteiger partial charge on any atom is -0.253 e. The Morgan fingerprint density at radius 2 is 1.83 bits per heavy atom. The fourth-order valence-corrected chi connectivity index (χ4v) is 5.31. The van der Waals surface area contributed by atoms with Crippen molar-refractivity contribution in [1.82, 2.24) is 9.29 Å². The maximum Gasteiger partial charge on any atom is 0.243 e. The molecule has 0 saturated carbocycles. The van der Waals surface area contributed by atoms with E-state index in [4.69, 9.17) is 23.2 Å². The van der Waals surface area contributed by atoms with E-state index in [1.807, 2.05) is 19.2 Å². The van der Waals surface area contributed by atoms with E-state index in [9.17, 15) is 8.42 Å². The van der Waals surface area contributed by atoms with Gasteiger partial charge in [-0.2, -0.15) is 9.41 Å². The van der Waals surface area contributed by atoms with Gasteiger partial charge in [-0.15, -0.1) is 11.3 Å². The van der Waals surface area contributed by atoms with Crippen molar-refractivity contribution in [3.8, 4) is 11.3 Å². The summed E-state index contributed by atoms with van der Waals surface area (Å²) < 4.78 is 26.6. The number of rotatable bonds is 8. The number of thiazole rings is 1. The zero-order chi connectivity index (χ0) is 21.7. The Labute approximate surface area is 190 Å². The first kappa shape index (κ1) is 22.7. The van der Waals surface area contributed by atoms with Crippen LogP contribution in [0.5, 0.6) is 0 Å². The van der Waals surface area contributed by atoms with Gasteiger partial charge < -0.3 is 0 Å². The molecule has 1 aromatic heterocycles. The van der Waals surface area contributed by atoms with Crippen LogP contribution in [0, 0.1) is 0 Å². The quantitative estimate of drug-likeness (QED) is 0.335. The number of aromatic nitrogens is 1. The molecule has 0 radical (unpaired) electrons. The zero-order valence-corrected chi connectivity index (χ0v) is 19.5. The van der Waals surface area contributed by atoms with Crippen LogP contribution in [0.25, 0.3) is 11.3 Å². The third-order valence-electron chi connectivity index (χ3n) is 4.32. The molecule has 0 saturated heterocycles. The normalized spacial score (nSPS) is 12.0. The van der Waals surface area contributed by atoms with Gasteiger partial charge in [-0.3, -0.25) is 5.43 Å². The molecule has 2 aromatic carbocycles. The van der Waals surface area contributed by atoms with E-state index < -0.39 is 10.0 Å². The van der Waals surface area contributed by atoms with Crippen LogP contribution in [-0.4, -0.2) is 37.0 Å². The van der Waals surface area contributed by atoms with Gasteiger partial charge >= 0.3 is 0 Å². The number of hydrogen-bond acceptors (Lipinski definition) is 6. The van der Waals surface area contributed by atoms with Crippen LogP contribution in [-0.2, 0) is 10.0 Å².